The van der Waals surface area contributed by atoms with Crippen molar-refractivity contribution in [3.63, 3.8) is 0 Å². The van der Waals surface area contributed by atoms with Gasteiger partial charge in [0.2, 0.25) is 5.91 Å². The van der Waals surface area contributed by atoms with Crippen molar-refractivity contribution >= 4 is 18.0 Å². The Kier molecular flexibility index (Phi) is 5.90. The van der Waals surface area contributed by atoms with E-state index in [9.17, 15) is 14.4 Å². The standard InChI is InChI=1S/C16H27N4O4/c1-16(2,3)24-15(23)19-12(9-13(21)18-11-5-6-11)10-20-8-4-7-17-14(20)22/h9,11-12H,4-8,10H2,1-3H3,(H,17,22)(H,18,21)(H,19,23)/t12-/m0/s1. The van der Waals surface area contributed by atoms with Crippen LogP contribution in [0.25, 0.3) is 0 Å². The Hall–Kier alpha value is -1.99. The monoisotopic (exact) mass is 339 g/mol. The Morgan fingerprint density at radius 1 is 1.42 bits per heavy atom. The third-order valence-corrected chi connectivity index (χ3v) is 3.56. The SMILES string of the molecule is CC(C)(C)OC(=O)N[C@@H]([CH]C(=O)NC1CC1)CN1CCCNC1=O. The Balaban J connectivity index is 1.92. The highest BCUT2D eigenvalue weighted by Crippen LogP contribution is 2.18. The largest absolute Gasteiger partial charge is 0.444 e. The maximum absolute atomic E-state index is 12.0. The lowest BCUT2D eigenvalue weighted by molar-refractivity contribution is -0.118. The van der Waals surface area contributed by atoms with Gasteiger partial charge in [0.1, 0.15) is 5.60 Å². The van der Waals surface area contributed by atoms with Gasteiger partial charge in [-0.3, -0.25) is 4.79 Å². The molecule has 0 unspecified atom stereocenters. The molecule has 4 amide bonds. The molecule has 1 saturated carbocycles. The molecule has 0 aromatic carbocycles. The molecule has 2 fully saturated rings. The summed E-state index contributed by atoms with van der Waals surface area (Å²) in [6, 6.07) is -0.565. The summed E-state index contributed by atoms with van der Waals surface area (Å²) in [5.41, 5.74) is -0.632. The first-order valence-corrected chi connectivity index (χ1v) is 8.40. The van der Waals surface area contributed by atoms with Crippen LogP contribution in [0.3, 0.4) is 0 Å². The number of alkyl carbamates (subject to hydrolysis) is 1. The molecule has 135 valence electrons. The summed E-state index contributed by atoms with van der Waals surface area (Å²) in [5, 5.41) is 8.27. The van der Waals surface area contributed by atoms with Crippen LogP contribution in [-0.4, -0.2) is 60.3 Å². The Labute approximate surface area is 142 Å². The summed E-state index contributed by atoms with van der Waals surface area (Å²) < 4.78 is 5.24. The van der Waals surface area contributed by atoms with E-state index in [1.54, 1.807) is 25.7 Å². The third kappa shape index (κ3) is 6.64. The smallest absolute Gasteiger partial charge is 0.407 e. The van der Waals surface area contributed by atoms with E-state index < -0.39 is 17.7 Å². The van der Waals surface area contributed by atoms with Gasteiger partial charge in [0.15, 0.2) is 0 Å². The highest BCUT2D eigenvalue weighted by Gasteiger charge is 2.29. The van der Waals surface area contributed by atoms with Gasteiger partial charge in [-0.05, 0) is 40.0 Å². The van der Waals surface area contributed by atoms with Crippen molar-refractivity contribution in [2.24, 2.45) is 0 Å². The van der Waals surface area contributed by atoms with E-state index in [1.807, 2.05) is 0 Å². The van der Waals surface area contributed by atoms with E-state index in [-0.39, 0.29) is 24.5 Å². The minimum atomic E-state index is -0.632. The molecule has 0 bridgehead atoms. The second-order valence-corrected chi connectivity index (χ2v) is 7.23. The maximum Gasteiger partial charge on any atom is 0.407 e. The van der Waals surface area contributed by atoms with Gasteiger partial charge in [-0.1, -0.05) is 0 Å². The first-order chi connectivity index (χ1) is 11.2. The lowest BCUT2D eigenvalue weighted by atomic mass is 10.1. The van der Waals surface area contributed by atoms with Crippen molar-refractivity contribution in [2.75, 3.05) is 19.6 Å². The number of ether oxygens (including phenoxy) is 1. The van der Waals surface area contributed by atoms with Crippen molar-refractivity contribution < 1.29 is 19.1 Å². The molecule has 0 spiro atoms. The fraction of sp³-hybridized carbons (Fsp3) is 0.750. The van der Waals surface area contributed by atoms with Crippen LogP contribution >= 0.6 is 0 Å². The molecule has 24 heavy (non-hydrogen) atoms. The molecule has 0 aromatic rings. The minimum Gasteiger partial charge on any atom is -0.444 e. The molecule has 1 atom stereocenters. The van der Waals surface area contributed by atoms with Crippen LogP contribution in [-0.2, 0) is 9.53 Å². The lowest BCUT2D eigenvalue weighted by Crippen LogP contribution is -2.54. The van der Waals surface area contributed by atoms with E-state index in [1.165, 1.54) is 6.42 Å². The van der Waals surface area contributed by atoms with E-state index in [4.69, 9.17) is 4.74 Å². The highest BCUT2D eigenvalue weighted by atomic mass is 16.6. The van der Waals surface area contributed by atoms with Gasteiger partial charge < -0.3 is 25.6 Å². The van der Waals surface area contributed by atoms with Crippen molar-refractivity contribution in [1.29, 1.82) is 0 Å². The van der Waals surface area contributed by atoms with Gasteiger partial charge in [-0.2, -0.15) is 0 Å². The fourth-order valence-corrected chi connectivity index (χ4v) is 2.35. The molecule has 1 radical (unpaired) electrons. The Morgan fingerprint density at radius 3 is 2.71 bits per heavy atom. The van der Waals surface area contributed by atoms with E-state index in [0.717, 1.165) is 19.3 Å². The van der Waals surface area contributed by atoms with Gasteiger partial charge >= 0.3 is 12.1 Å². The third-order valence-electron chi connectivity index (χ3n) is 3.56. The number of amides is 4. The minimum absolute atomic E-state index is 0.187. The van der Waals surface area contributed by atoms with Crippen LogP contribution in [0.1, 0.15) is 40.0 Å². The fourth-order valence-electron chi connectivity index (χ4n) is 2.35. The van der Waals surface area contributed by atoms with E-state index >= 15 is 0 Å². The van der Waals surface area contributed by atoms with Gasteiger partial charge in [0.05, 0.1) is 12.5 Å². The summed E-state index contributed by atoms with van der Waals surface area (Å²) in [6.07, 6.45) is 3.60. The molecule has 2 aliphatic rings. The van der Waals surface area contributed by atoms with Crippen LogP contribution in [0, 0.1) is 6.42 Å². The second kappa shape index (κ2) is 7.72. The zero-order valence-electron chi connectivity index (χ0n) is 14.6. The number of urea groups is 1. The number of nitrogens with one attached hydrogen (secondary N) is 3. The van der Waals surface area contributed by atoms with Crippen LogP contribution in [0.15, 0.2) is 0 Å². The molecule has 2 rings (SSSR count). The van der Waals surface area contributed by atoms with Gasteiger partial charge in [0.25, 0.3) is 0 Å². The summed E-state index contributed by atoms with van der Waals surface area (Å²) in [5.74, 6) is -0.240. The molecular formula is C16H27N4O4. The molecule has 1 aliphatic carbocycles. The van der Waals surface area contributed by atoms with E-state index in [0.29, 0.717) is 13.1 Å². The number of rotatable bonds is 6. The van der Waals surface area contributed by atoms with Crippen molar-refractivity contribution in [3.8, 4) is 0 Å². The number of hydrogen-bond acceptors (Lipinski definition) is 4. The maximum atomic E-state index is 12.0. The van der Waals surface area contributed by atoms with Gasteiger partial charge in [0, 0.05) is 25.7 Å². The normalized spacial score (nSPS) is 19.3. The predicted octanol–water partition coefficient (Wildman–Crippen LogP) is 0.778. The summed E-state index contributed by atoms with van der Waals surface area (Å²) in [7, 11) is 0. The highest BCUT2D eigenvalue weighted by molar-refractivity contribution is 5.87. The van der Waals surface area contributed by atoms with Crippen LogP contribution < -0.4 is 16.0 Å². The van der Waals surface area contributed by atoms with Crippen LogP contribution in [0.5, 0.6) is 0 Å². The van der Waals surface area contributed by atoms with E-state index in [2.05, 4.69) is 16.0 Å². The Morgan fingerprint density at radius 2 is 2.12 bits per heavy atom. The van der Waals surface area contributed by atoms with Crippen molar-refractivity contribution in [2.45, 2.75) is 57.7 Å². The molecule has 3 N–H and O–H groups in total. The Bertz CT molecular complexity index is 485. The van der Waals surface area contributed by atoms with Gasteiger partial charge in [-0.25, -0.2) is 9.59 Å². The number of hydrogen-bond donors (Lipinski definition) is 3. The molecule has 0 aromatic heterocycles. The zero-order chi connectivity index (χ0) is 17.7. The molecule has 8 heteroatoms. The first-order valence-electron chi connectivity index (χ1n) is 8.40. The van der Waals surface area contributed by atoms with Crippen LogP contribution in [0.4, 0.5) is 9.59 Å². The summed E-state index contributed by atoms with van der Waals surface area (Å²) in [4.78, 5) is 37.5. The molecular weight excluding hydrogens is 312 g/mol. The summed E-state index contributed by atoms with van der Waals surface area (Å²) in [6.45, 7) is 6.76. The number of nitrogens with zero attached hydrogens (tertiary/aromatic N) is 1. The predicted molar refractivity (Wildman–Crippen MR) is 88.2 cm³/mol. The topological polar surface area (TPSA) is 99.8 Å². The zero-order valence-corrected chi connectivity index (χ0v) is 14.6. The molecule has 8 nitrogen and oxygen atoms in total. The van der Waals surface area contributed by atoms with Crippen molar-refractivity contribution in [1.82, 2.24) is 20.9 Å². The van der Waals surface area contributed by atoms with Gasteiger partial charge in [-0.15, -0.1) is 0 Å². The number of carbonyl (C=O) groups is 3. The first kappa shape index (κ1) is 18.4. The molecule has 1 heterocycles. The van der Waals surface area contributed by atoms with Crippen LogP contribution in [0.2, 0.25) is 0 Å². The average Bonchev–Trinajstić information content (AvgIpc) is 3.22. The average molecular weight is 339 g/mol. The molecule has 1 aliphatic heterocycles. The molecule has 1 saturated heterocycles. The summed E-state index contributed by atoms with van der Waals surface area (Å²) >= 11 is 0. The number of carbonyl (C=O) groups excluding carboxylic acids is 3. The second-order valence-electron chi connectivity index (χ2n) is 7.23. The quantitative estimate of drug-likeness (QED) is 0.666. The lowest BCUT2D eigenvalue weighted by Gasteiger charge is -2.31. The van der Waals surface area contributed by atoms with Crippen molar-refractivity contribution in [3.05, 3.63) is 6.42 Å².